The van der Waals surface area contributed by atoms with E-state index in [1.807, 2.05) is 0 Å². The molecule has 0 atom stereocenters. The maximum atomic E-state index is 10.5. The van der Waals surface area contributed by atoms with Crippen LogP contribution in [0.15, 0.2) is 48.6 Å². The minimum atomic E-state index is -0.670. The van der Waals surface area contributed by atoms with Gasteiger partial charge in [-0.2, -0.15) is 0 Å². The maximum absolute atomic E-state index is 10.5. The third-order valence-corrected chi connectivity index (χ3v) is 9.11. The molecule has 3 radical (unpaired) electrons. The first kappa shape index (κ1) is 45.6. The van der Waals surface area contributed by atoms with Crippen molar-refractivity contribution in [1.82, 2.24) is 0 Å². The number of unbranched alkanes of at least 4 members (excludes halogenated alkanes) is 22. The summed E-state index contributed by atoms with van der Waals surface area (Å²) in [6.07, 6.45) is 44.4. The van der Waals surface area contributed by atoms with Crippen LogP contribution in [0, 0.1) is 0 Å². The summed E-state index contributed by atoms with van der Waals surface area (Å²) < 4.78 is 0. The first-order valence-corrected chi connectivity index (χ1v) is 19.4. The van der Waals surface area contributed by atoms with Gasteiger partial charge in [0.2, 0.25) is 0 Å². The van der Waals surface area contributed by atoms with E-state index in [4.69, 9.17) is 10.2 Å². The van der Waals surface area contributed by atoms with E-state index in [0.29, 0.717) is 12.8 Å². The average Bonchev–Trinajstić information content (AvgIpc) is 3.04. The second-order valence-electron chi connectivity index (χ2n) is 13.4. The maximum Gasteiger partial charge on any atom is 0.303 e. The van der Waals surface area contributed by atoms with Gasteiger partial charge in [0.1, 0.15) is 0 Å². The van der Waals surface area contributed by atoms with E-state index in [0.717, 1.165) is 38.5 Å². The fourth-order valence-corrected chi connectivity index (χ4v) is 6.22. The van der Waals surface area contributed by atoms with Gasteiger partial charge in [0.25, 0.3) is 0 Å². The molecule has 0 saturated heterocycles. The third kappa shape index (κ3) is 32.9. The summed E-state index contributed by atoms with van der Waals surface area (Å²) in [5.74, 6) is -1.34. The Kier molecular flexibility index (Phi) is 34.9. The molecule has 0 aromatic heterocycles. The van der Waals surface area contributed by atoms with Gasteiger partial charge in [0.15, 0.2) is 0 Å². The Morgan fingerprint density at radius 3 is 0.957 bits per heavy atom. The van der Waals surface area contributed by atoms with Gasteiger partial charge in [0.05, 0.1) is 0 Å². The number of carboxylic acids is 2. The minimum absolute atomic E-state index is 0. The summed E-state index contributed by atoms with van der Waals surface area (Å²) in [7, 11) is 0. The molecule has 265 valence electrons. The third-order valence-electron chi connectivity index (χ3n) is 9.11. The fraction of sp³-hybridized carbons (Fsp3) is 0.714. The molecule has 2 N–H and O–H groups in total. The Balaban J connectivity index is 0.0000212. The van der Waals surface area contributed by atoms with Crippen LogP contribution in [0.4, 0.5) is 0 Å². The van der Waals surface area contributed by atoms with Crippen molar-refractivity contribution in [2.45, 2.75) is 193 Å². The van der Waals surface area contributed by atoms with Crippen molar-refractivity contribution in [2.24, 2.45) is 0 Å². The predicted molar refractivity (Wildman–Crippen MR) is 202 cm³/mol. The van der Waals surface area contributed by atoms with E-state index in [-0.39, 0.29) is 29.6 Å². The normalized spacial score (nSPS) is 11.4. The second kappa shape index (κ2) is 35.9. The van der Waals surface area contributed by atoms with E-state index in [1.54, 1.807) is 11.1 Å². The largest absolute Gasteiger partial charge is 2.00 e. The summed E-state index contributed by atoms with van der Waals surface area (Å²) in [6.45, 7) is 0. The zero-order chi connectivity index (χ0) is 33.2. The van der Waals surface area contributed by atoms with Crippen LogP contribution in [-0.4, -0.2) is 51.7 Å². The monoisotopic (exact) mass is 662 g/mol. The predicted octanol–water partition coefficient (Wildman–Crippen LogP) is 12.6. The van der Waals surface area contributed by atoms with Gasteiger partial charge in [-0.15, -0.1) is 0 Å². The SMILES string of the molecule is O=C(O)CCCCCCC/C=C\CCCCCCCCc1ccccc1CCCCCCCC/C=C\CCCCCCCC(=O)O.[Na-2]. The molecule has 0 heterocycles. The van der Waals surface area contributed by atoms with E-state index in [9.17, 15) is 9.59 Å². The van der Waals surface area contributed by atoms with Gasteiger partial charge in [-0.1, -0.05) is 138 Å². The first-order valence-electron chi connectivity index (χ1n) is 19.4. The summed E-state index contributed by atoms with van der Waals surface area (Å²) >= 11 is 0. The summed E-state index contributed by atoms with van der Waals surface area (Å²) in [6, 6.07) is 9.15. The smallest absolute Gasteiger partial charge is 0.303 e. The Morgan fingerprint density at radius 1 is 0.404 bits per heavy atom. The van der Waals surface area contributed by atoms with Gasteiger partial charge >= 0.3 is 11.9 Å². The number of carboxylic acid groups (broad SMARTS) is 2. The molecule has 0 aliphatic heterocycles. The first-order chi connectivity index (χ1) is 22.6. The molecule has 0 bridgehead atoms. The zero-order valence-electron chi connectivity index (χ0n) is 30.5. The van der Waals surface area contributed by atoms with Crippen LogP contribution in [-0.2, 0) is 22.4 Å². The zero-order valence-corrected chi connectivity index (χ0v) is 32.5. The molecule has 0 amide bonds. The summed E-state index contributed by atoms with van der Waals surface area (Å²) in [5.41, 5.74) is 3.16. The van der Waals surface area contributed by atoms with Crippen LogP contribution in [0.25, 0.3) is 0 Å². The molecule has 4 nitrogen and oxygen atoms in total. The Hall–Kier alpha value is -1.36. The molecular weight excluding hydrogens is 591 g/mol. The standard InChI is InChI=1S/C42H70O4.Na/c43-41(44)37-29-25-21-17-13-9-5-1-3-7-11-15-19-23-27-33-39-35-31-32-36-40(39)34-28-24-20-16-12-8-4-2-6-10-14-18-22-26-30-38-42(45)46;/h1-2,5-6,31-32,35-36H,3-4,7-30,33-34,37-38H2,(H,43,44)(H,45,46);/q;-2/b5-1-,6-2-;. The Labute approximate surface area is 312 Å². The van der Waals surface area contributed by atoms with Crippen molar-refractivity contribution in [1.29, 1.82) is 0 Å². The Bertz CT molecular complexity index is 837. The van der Waals surface area contributed by atoms with Gasteiger partial charge in [-0.3, -0.25) is 9.59 Å². The van der Waals surface area contributed by atoms with Gasteiger partial charge in [-0.25, -0.2) is 0 Å². The van der Waals surface area contributed by atoms with Gasteiger partial charge < -0.3 is 39.8 Å². The number of aliphatic carboxylic acids is 2. The molecule has 0 saturated carbocycles. The Morgan fingerprint density at radius 2 is 0.660 bits per heavy atom. The average molecular weight is 662 g/mol. The molecule has 0 spiro atoms. The van der Waals surface area contributed by atoms with Crippen LogP contribution in [0.2, 0.25) is 0 Å². The number of aryl methyl sites for hydroxylation is 2. The quantitative estimate of drug-likeness (QED) is 0.0438. The molecule has 47 heavy (non-hydrogen) atoms. The van der Waals surface area contributed by atoms with Crippen LogP contribution < -0.4 is 0 Å². The number of hydrogen-bond acceptors (Lipinski definition) is 2. The number of allylic oxidation sites excluding steroid dienone is 4. The van der Waals surface area contributed by atoms with Crippen molar-refractivity contribution in [3.8, 4) is 0 Å². The molecule has 0 aliphatic rings. The van der Waals surface area contributed by atoms with E-state index in [1.165, 1.54) is 141 Å². The van der Waals surface area contributed by atoms with Crippen molar-refractivity contribution in [3.05, 3.63) is 59.7 Å². The molecule has 1 rings (SSSR count). The van der Waals surface area contributed by atoms with Crippen LogP contribution >= 0.6 is 0 Å². The van der Waals surface area contributed by atoms with E-state index in [2.05, 4.69) is 48.6 Å². The van der Waals surface area contributed by atoms with E-state index < -0.39 is 11.9 Å². The molecule has 1 aromatic carbocycles. The summed E-state index contributed by atoms with van der Waals surface area (Å²) in [5, 5.41) is 17.3. The van der Waals surface area contributed by atoms with Crippen LogP contribution in [0.1, 0.15) is 191 Å². The van der Waals surface area contributed by atoms with E-state index >= 15 is 0 Å². The molecular formula is C42H70NaO4-2. The van der Waals surface area contributed by atoms with Crippen molar-refractivity contribution in [2.75, 3.05) is 0 Å². The molecule has 1 aromatic rings. The number of benzene rings is 1. The minimum Gasteiger partial charge on any atom is -2.00 e. The number of hydrogen-bond donors (Lipinski definition) is 2. The topological polar surface area (TPSA) is 74.6 Å². The summed E-state index contributed by atoms with van der Waals surface area (Å²) in [4.78, 5) is 21.0. The fourth-order valence-electron chi connectivity index (χ4n) is 6.22. The second-order valence-corrected chi connectivity index (χ2v) is 13.4. The van der Waals surface area contributed by atoms with Crippen LogP contribution in [0.5, 0.6) is 0 Å². The van der Waals surface area contributed by atoms with Crippen molar-refractivity contribution in [3.63, 3.8) is 0 Å². The van der Waals surface area contributed by atoms with Crippen LogP contribution in [0.3, 0.4) is 0 Å². The molecule has 0 fully saturated rings. The molecule has 5 heteroatoms. The van der Waals surface area contributed by atoms with Crippen molar-refractivity contribution < 1.29 is 19.8 Å². The number of carbonyl (C=O) groups is 2. The van der Waals surface area contributed by atoms with Gasteiger partial charge in [0, 0.05) is 12.8 Å². The van der Waals surface area contributed by atoms with Crippen molar-refractivity contribution >= 4 is 41.5 Å². The van der Waals surface area contributed by atoms with Gasteiger partial charge in [-0.05, 0) is 101 Å². The molecule has 0 aliphatic carbocycles. The number of rotatable bonds is 34. The molecule has 0 unspecified atom stereocenters.